The zero-order valence-corrected chi connectivity index (χ0v) is 12.4. The van der Waals surface area contributed by atoms with E-state index in [0.717, 1.165) is 13.0 Å². The van der Waals surface area contributed by atoms with Crippen LogP contribution >= 0.6 is 23.2 Å². The molecule has 0 aliphatic carbocycles. The van der Waals surface area contributed by atoms with Crippen LogP contribution in [0.5, 0.6) is 0 Å². The minimum atomic E-state index is -0.525. The van der Waals surface area contributed by atoms with E-state index >= 15 is 0 Å². The van der Waals surface area contributed by atoms with Gasteiger partial charge in [-0.25, -0.2) is 4.39 Å². The predicted octanol–water partition coefficient (Wildman–Crippen LogP) is 3.39. The van der Waals surface area contributed by atoms with Crippen LogP contribution in [0.4, 0.5) is 4.39 Å². The van der Waals surface area contributed by atoms with Gasteiger partial charge in [-0.05, 0) is 25.5 Å². The average Bonchev–Trinajstić information content (AvgIpc) is 2.63. The number of hydrogen-bond donors (Lipinski definition) is 1. The Morgan fingerprint density at radius 2 is 2.11 bits per heavy atom. The van der Waals surface area contributed by atoms with Crippen LogP contribution in [0, 0.1) is 5.82 Å². The average molecular weight is 304 g/mol. The van der Waals surface area contributed by atoms with Crippen LogP contribution in [0.25, 0.3) is 0 Å². The van der Waals surface area contributed by atoms with E-state index in [1.807, 2.05) is 11.8 Å². The first kappa shape index (κ1) is 14.4. The first-order valence-corrected chi connectivity index (χ1v) is 6.88. The lowest BCUT2D eigenvalue weighted by molar-refractivity contribution is 0.224. The Hall–Kier alpha value is -1.00. The molecule has 0 saturated carbocycles. The molecule has 1 atom stereocenters. The van der Waals surface area contributed by atoms with Gasteiger partial charge in [-0.3, -0.25) is 4.99 Å². The molecule has 2 N–H and O–H groups in total. The topological polar surface area (TPSA) is 41.6 Å². The van der Waals surface area contributed by atoms with Crippen molar-refractivity contribution in [3.63, 3.8) is 0 Å². The lowest BCUT2D eigenvalue weighted by Gasteiger charge is -2.37. The lowest BCUT2D eigenvalue weighted by atomic mass is 9.90. The summed E-state index contributed by atoms with van der Waals surface area (Å²) in [6, 6.07) is 2.80. The van der Waals surface area contributed by atoms with Crippen LogP contribution in [0.2, 0.25) is 10.0 Å². The van der Waals surface area contributed by atoms with Crippen LogP contribution in [-0.4, -0.2) is 23.9 Å². The molecule has 0 saturated heterocycles. The molecule has 1 heterocycles. The maximum Gasteiger partial charge on any atom is 0.192 e. The highest BCUT2D eigenvalue weighted by atomic mass is 35.5. The second-order valence-corrected chi connectivity index (χ2v) is 5.66. The summed E-state index contributed by atoms with van der Waals surface area (Å²) in [5.41, 5.74) is 6.04. The second-order valence-electron chi connectivity index (χ2n) is 4.85. The number of halogens is 3. The van der Waals surface area contributed by atoms with Gasteiger partial charge in [0, 0.05) is 17.1 Å². The molecule has 1 aromatic carbocycles. The third-order valence-corrected chi connectivity index (χ3v) is 4.06. The highest BCUT2D eigenvalue weighted by molar-refractivity contribution is 6.35. The standard InChI is InChI=1S/C13H16Cl2FN3/c1-3-4-19-12(17)18-7-13(19,2)8-5-11(16)10(15)6-9(8)14/h5-6H,3-4,7H2,1-2H3,(H2,17,18). The number of aliphatic imine (C=N–C) groups is 1. The Balaban J connectivity index is 2.48. The van der Waals surface area contributed by atoms with E-state index in [1.54, 1.807) is 0 Å². The molecule has 2 rings (SSSR count). The summed E-state index contributed by atoms with van der Waals surface area (Å²) >= 11 is 12.0. The number of guanidine groups is 1. The van der Waals surface area contributed by atoms with Crippen molar-refractivity contribution in [1.29, 1.82) is 0 Å². The molecule has 104 valence electrons. The van der Waals surface area contributed by atoms with Crippen molar-refractivity contribution >= 4 is 29.2 Å². The Morgan fingerprint density at radius 3 is 2.74 bits per heavy atom. The largest absolute Gasteiger partial charge is 0.370 e. The number of benzene rings is 1. The Morgan fingerprint density at radius 1 is 1.42 bits per heavy atom. The van der Waals surface area contributed by atoms with Crippen LogP contribution in [0.1, 0.15) is 25.8 Å². The van der Waals surface area contributed by atoms with Gasteiger partial charge in [0.15, 0.2) is 5.96 Å². The second kappa shape index (κ2) is 5.17. The third kappa shape index (κ3) is 2.39. The van der Waals surface area contributed by atoms with Gasteiger partial charge < -0.3 is 10.6 Å². The number of nitrogens with zero attached hydrogens (tertiary/aromatic N) is 2. The van der Waals surface area contributed by atoms with E-state index in [9.17, 15) is 4.39 Å². The maximum absolute atomic E-state index is 13.7. The fourth-order valence-corrected chi connectivity index (χ4v) is 3.00. The minimum Gasteiger partial charge on any atom is -0.370 e. The van der Waals surface area contributed by atoms with Gasteiger partial charge in [-0.2, -0.15) is 0 Å². The van der Waals surface area contributed by atoms with Crippen molar-refractivity contribution in [2.75, 3.05) is 13.1 Å². The van der Waals surface area contributed by atoms with Gasteiger partial charge in [0.1, 0.15) is 5.82 Å². The molecule has 6 heteroatoms. The van der Waals surface area contributed by atoms with Gasteiger partial charge >= 0.3 is 0 Å². The molecule has 0 spiro atoms. The van der Waals surface area contributed by atoms with Crippen LogP contribution in [-0.2, 0) is 5.54 Å². The monoisotopic (exact) mass is 303 g/mol. The summed E-state index contributed by atoms with van der Waals surface area (Å²) in [5.74, 6) is -0.0139. The minimum absolute atomic E-state index is 0.0197. The molecule has 1 aliphatic rings. The third-order valence-electron chi connectivity index (χ3n) is 3.46. The van der Waals surface area contributed by atoms with Crippen molar-refractivity contribution in [2.24, 2.45) is 10.7 Å². The fraction of sp³-hybridized carbons (Fsp3) is 0.462. The molecule has 19 heavy (non-hydrogen) atoms. The van der Waals surface area contributed by atoms with Crippen molar-refractivity contribution in [1.82, 2.24) is 4.90 Å². The van der Waals surface area contributed by atoms with E-state index in [4.69, 9.17) is 28.9 Å². The predicted molar refractivity (Wildman–Crippen MR) is 77.3 cm³/mol. The van der Waals surface area contributed by atoms with Crippen molar-refractivity contribution in [3.05, 3.63) is 33.6 Å². The van der Waals surface area contributed by atoms with Gasteiger partial charge in [0.25, 0.3) is 0 Å². The maximum atomic E-state index is 13.7. The zero-order chi connectivity index (χ0) is 14.2. The lowest BCUT2D eigenvalue weighted by Crippen LogP contribution is -2.47. The quantitative estimate of drug-likeness (QED) is 0.870. The Labute approximate surface area is 122 Å². The van der Waals surface area contributed by atoms with Gasteiger partial charge in [0.2, 0.25) is 0 Å². The molecule has 0 fully saturated rings. The highest BCUT2D eigenvalue weighted by Gasteiger charge is 2.40. The van der Waals surface area contributed by atoms with E-state index in [2.05, 4.69) is 11.9 Å². The van der Waals surface area contributed by atoms with Crippen LogP contribution in [0.3, 0.4) is 0 Å². The molecule has 1 aliphatic heterocycles. The van der Waals surface area contributed by atoms with Crippen molar-refractivity contribution in [2.45, 2.75) is 25.8 Å². The first-order chi connectivity index (χ1) is 8.90. The molecule has 1 unspecified atom stereocenters. The SMILES string of the molecule is CCCN1C(N)=NCC1(C)c1cc(F)c(Cl)cc1Cl. The summed E-state index contributed by atoms with van der Waals surface area (Å²) in [7, 11) is 0. The van der Waals surface area contributed by atoms with Crippen molar-refractivity contribution in [3.8, 4) is 0 Å². The zero-order valence-electron chi connectivity index (χ0n) is 10.9. The summed E-state index contributed by atoms with van der Waals surface area (Å²) in [5, 5.41) is 0.450. The normalized spacial score (nSPS) is 22.8. The highest BCUT2D eigenvalue weighted by Crippen LogP contribution is 2.38. The van der Waals surface area contributed by atoms with Gasteiger partial charge in [-0.15, -0.1) is 0 Å². The smallest absolute Gasteiger partial charge is 0.192 e. The molecule has 3 nitrogen and oxygen atoms in total. The molecule has 0 radical (unpaired) electrons. The molecular formula is C13H16Cl2FN3. The molecule has 0 bridgehead atoms. The summed E-state index contributed by atoms with van der Waals surface area (Å²) in [6.45, 7) is 5.21. The van der Waals surface area contributed by atoms with E-state index in [1.165, 1.54) is 12.1 Å². The summed E-state index contributed by atoms with van der Waals surface area (Å²) in [4.78, 5) is 6.23. The molecule has 1 aromatic rings. The van der Waals surface area contributed by atoms with Crippen LogP contribution < -0.4 is 5.73 Å². The molecular weight excluding hydrogens is 288 g/mol. The van der Waals surface area contributed by atoms with Gasteiger partial charge in [-0.1, -0.05) is 30.1 Å². The van der Waals surface area contributed by atoms with E-state index in [-0.39, 0.29) is 5.02 Å². The van der Waals surface area contributed by atoms with Crippen molar-refractivity contribution < 1.29 is 4.39 Å². The number of rotatable bonds is 3. The number of hydrogen-bond acceptors (Lipinski definition) is 3. The summed E-state index contributed by atoms with van der Waals surface area (Å²) in [6.07, 6.45) is 0.916. The summed E-state index contributed by atoms with van der Waals surface area (Å²) < 4.78 is 13.7. The first-order valence-electron chi connectivity index (χ1n) is 6.12. The van der Waals surface area contributed by atoms with Crippen LogP contribution in [0.15, 0.2) is 17.1 Å². The van der Waals surface area contributed by atoms with Gasteiger partial charge in [0.05, 0.1) is 17.1 Å². The number of nitrogens with two attached hydrogens (primary N) is 1. The van der Waals surface area contributed by atoms with E-state index in [0.29, 0.717) is 23.1 Å². The molecule has 0 aromatic heterocycles. The van der Waals surface area contributed by atoms with E-state index < -0.39 is 11.4 Å². The Bertz CT molecular complexity index is 533. The fourth-order valence-electron chi connectivity index (χ4n) is 2.41. The molecule has 0 amide bonds. The Kier molecular flexibility index (Phi) is 3.92.